The zero-order valence-electron chi connectivity index (χ0n) is 15.9. The summed E-state index contributed by atoms with van der Waals surface area (Å²) in [6.45, 7) is 2.39. The van der Waals surface area contributed by atoms with Gasteiger partial charge in [0.25, 0.3) is 10.0 Å². The third kappa shape index (κ3) is 3.82. The predicted octanol–water partition coefficient (Wildman–Crippen LogP) is 3.94. The molecule has 1 amide bonds. The van der Waals surface area contributed by atoms with Gasteiger partial charge in [-0.25, -0.2) is 17.7 Å². The van der Waals surface area contributed by atoms with Gasteiger partial charge in [-0.15, -0.1) is 22.7 Å². The number of fused-ring (bicyclic) bond motifs is 1. The van der Waals surface area contributed by atoms with Crippen molar-refractivity contribution in [1.82, 2.24) is 9.88 Å². The number of amides is 1. The summed E-state index contributed by atoms with van der Waals surface area (Å²) < 4.78 is 27.7. The van der Waals surface area contributed by atoms with E-state index in [0.29, 0.717) is 11.7 Å². The van der Waals surface area contributed by atoms with Crippen LogP contribution in [0.2, 0.25) is 0 Å². The molecule has 1 atom stereocenters. The van der Waals surface area contributed by atoms with Gasteiger partial charge in [-0.3, -0.25) is 4.79 Å². The van der Waals surface area contributed by atoms with Crippen molar-refractivity contribution in [3.63, 3.8) is 0 Å². The van der Waals surface area contributed by atoms with E-state index in [4.69, 9.17) is 0 Å². The number of hydrogen-bond acceptors (Lipinski definition) is 6. The first kappa shape index (κ1) is 20.1. The van der Waals surface area contributed by atoms with Crippen LogP contribution in [-0.2, 0) is 21.2 Å². The molecule has 9 heteroatoms. The lowest BCUT2D eigenvalue weighted by atomic mass is 9.98. The van der Waals surface area contributed by atoms with Crippen molar-refractivity contribution in [3.05, 3.63) is 63.8 Å². The minimum Gasteiger partial charge on any atom is -0.334 e. The molecular formula is C20H21N3O3S3. The van der Waals surface area contributed by atoms with Crippen LogP contribution >= 0.6 is 22.7 Å². The lowest BCUT2D eigenvalue weighted by Crippen LogP contribution is -2.46. The molecule has 0 aliphatic carbocycles. The van der Waals surface area contributed by atoms with Gasteiger partial charge < -0.3 is 4.90 Å². The van der Waals surface area contributed by atoms with E-state index in [0.717, 1.165) is 17.1 Å². The summed E-state index contributed by atoms with van der Waals surface area (Å²) in [5, 5.41) is 4.06. The Balaban J connectivity index is 1.65. The average molecular weight is 448 g/mol. The maximum absolute atomic E-state index is 13.3. The summed E-state index contributed by atoms with van der Waals surface area (Å²) in [5.74, 6) is -0.205. The van der Waals surface area contributed by atoms with E-state index >= 15 is 0 Å². The van der Waals surface area contributed by atoms with Crippen LogP contribution in [0.3, 0.4) is 0 Å². The molecule has 29 heavy (non-hydrogen) atoms. The number of carbonyl (C=O) groups excluding carboxylic acids is 1. The van der Waals surface area contributed by atoms with Gasteiger partial charge in [0.1, 0.15) is 6.54 Å². The zero-order chi connectivity index (χ0) is 20.4. The highest BCUT2D eigenvalue weighted by molar-refractivity contribution is 7.93. The lowest BCUT2D eigenvalue weighted by molar-refractivity contribution is -0.132. The smallest absolute Gasteiger partial charge is 0.266 e. The van der Waals surface area contributed by atoms with Crippen molar-refractivity contribution in [3.8, 4) is 0 Å². The average Bonchev–Trinajstić information content (AvgIpc) is 3.43. The quantitative estimate of drug-likeness (QED) is 0.574. The molecule has 1 aliphatic heterocycles. The van der Waals surface area contributed by atoms with E-state index in [9.17, 15) is 13.2 Å². The SMILES string of the molecule is CCC1c2ccsc2CCN1C(=O)CN(c1nccs1)S(=O)(=O)c1ccccc1. The number of carbonyl (C=O) groups is 1. The van der Waals surface area contributed by atoms with Crippen LogP contribution in [0.15, 0.2) is 58.3 Å². The number of aromatic nitrogens is 1. The van der Waals surface area contributed by atoms with Gasteiger partial charge in [0.05, 0.1) is 10.9 Å². The van der Waals surface area contributed by atoms with E-state index in [2.05, 4.69) is 23.4 Å². The third-order valence-electron chi connectivity index (χ3n) is 5.04. The first-order chi connectivity index (χ1) is 14.0. The fourth-order valence-corrected chi connectivity index (χ4v) is 6.85. The second kappa shape index (κ2) is 8.25. The molecule has 2 aromatic heterocycles. The highest BCUT2D eigenvalue weighted by Crippen LogP contribution is 2.35. The Hall–Kier alpha value is -2.23. The summed E-state index contributed by atoms with van der Waals surface area (Å²) in [4.78, 5) is 20.7. The maximum atomic E-state index is 13.3. The van der Waals surface area contributed by atoms with Crippen LogP contribution in [0.4, 0.5) is 5.13 Å². The van der Waals surface area contributed by atoms with E-state index in [-0.39, 0.29) is 23.4 Å². The van der Waals surface area contributed by atoms with Gasteiger partial charge in [-0.2, -0.15) is 0 Å². The molecule has 0 spiro atoms. The molecule has 0 saturated carbocycles. The summed E-state index contributed by atoms with van der Waals surface area (Å²) >= 11 is 2.92. The number of anilines is 1. The van der Waals surface area contributed by atoms with Gasteiger partial charge in [0.2, 0.25) is 5.91 Å². The second-order valence-electron chi connectivity index (χ2n) is 6.70. The molecule has 3 aromatic rings. The highest BCUT2D eigenvalue weighted by atomic mass is 32.2. The van der Waals surface area contributed by atoms with Crippen molar-refractivity contribution in [1.29, 1.82) is 0 Å². The molecule has 4 rings (SSSR count). The standard InChI is InChI=1S/C20H21N3O3S3/c1-2-17-16-9-12-27-18(16)8-11-22(17)19(24)14-23(20-21-10-13-28-20)29(25,26)15-6-4-3-5-7-15/h3-7,9-10,12-13,17H,2,8,11,14H2,1H3. The van der Waals surface area contributed by atoms with E-state index in [1.165, 1.54) is 33.9 Å². The topological polar surface area (TPSA) is 70.6 Å². The van der Waals surface area contributed by atoms with Crippen LogP contribution in [0.5, 0.6) is 0 Å². The number of thiophene rings is 1. The number of hydrogen-bond donors (Lipinski definition) is 0. The summed E-state index contributed by atoms with van der Waals surface area (Å²) in [6.07, 6.45) is 3.14. The molecule has 0 fully saturated rings. The van der Waals surface area contributed by atoms with Crippen molar-refractivity contribution < 1.29 is 13.2 Å². The van der Waals surface area contributed by atoms with Gasteiger partial charge >= 0.3 is 0 Å². The Bertz CT molecular complexity index is 1080. The van der Waals surface area contributed by atoms with Crippen LogP contribution in [0.1, 0.15) is 29.8 Å². The van der Waals surface area contributed by atoms with Crippen LogP contribution < -0.4 is 4.31 Å². The Kier molecular flexibility index (Phi) is 5.71. The fraction of sp³-hybridized carbons (Fsp3) is 0.300. The van der Waals surface area contributed by atoms with Gasteiger partial charge in [-0.05, 0) is 42.0 Å². The first-order valence-electron chi connectivity index (χ1n) is 9.35. The van der Waals surface area contributed by atoms with E-state index < -0.39 is 10.0 Å². The van der Waals surface area contributed by atoms with Crippen molar-refractivity contribution in [2.24, 2.45) is 0 Å². The van der Waals surface area contributed by atoms with Gasteiger partial charge in [-0.1, -0.05) is 25.1 Å². The molecule has 1 aromatic carbocycles. The molecular weight excluding hydrogens is 426 g/mol. The highest BCUT2D eigenvalue weighted by Gasteiger charge is 2.35. The summed E-state index contributed by atoms with van der Waals surface area (Å²) in [7, 11) is -3.90. The second-order valence-corrected chi connectivity index (χ2v) is 10.4. The molecule has 0 N–H and O–H groups in total. The van der Waals surface area contributed by atoms with Crippen molar-refractivity contribution >= 4 is 43.7 Å². The van der Waals surface area contributed by atoms with Crippen molar-refractivity contribution in [2.75, 3.05) is 17.4 Å². The number of nitrogens with zero attached hydrogens (tertiary/aromatic N) is 3. The minimum absolute atomic E-state index is 0.0184. The lowest BCUT2D eigenvalue weighted by Gasteiger charge is -2.36. The summed E-state index contributed by atoms with van der Waals surface area (Å²) in [6, 6.07) is 10.2. The Morgan fingerprint density at radius 2 is 2.00 bits per heavy atom. The predicted molar refractivity (Wildman–Crippen MR) is 116 cm³/mol. The largest absolute Gasteiger partial charge is 0.334 e. The van der Waals surface area contributed by atoms with Crippen molar-refractivity contribution in [2.45, 2.75) is 30.7 Å². The van der Waals surface area contributed by atoms with Gasteiger partial charge in [0.15, 0.2) is 5.13 Å². The zero-order valence-corrected chi connectivity index (χ0v) is 18.3. The Morgan fingerprint density at radius 1 is 1.21 bits per heavy atom. The van der Waals surface area contributed by atoms with Gasteiger partial charge in [0, 0.05) is 23.0 Å². The number of thiazole rings is 1. The van der Waals surface area contributed by atoms with E-state index in [1.807, 2.05) is 4.90 Å². The molecule has 6 nitrogen and oxygen atoms in total. The fourth-order valence-electron chi connectivity index (χ4n) is 3.66. The van der Waals surface area contributed by atoms with Crippen LogP contribution in [0, 0.1) is 0 Å². The molecule has 3 heterocycles. The molecule has 0 bridgehead atoms. The number of rotatable bonds is 6. The van der Waals surface area contributed by atoms with Crippen LogP contribution in [0.25, 0.3) is 0 Å². The number of sulfonamides is 1. The Morgan fingerprint density at radius 3 is 2.69 bits per heavy atom. The maximum Gasteiger partial charge on any atom is 0.266 e. The minimum atomic E-state index is -3.90. The molecule has 1 unspecified atom stereocenters. The summed E-state index contributed by atoms with van der Waals surface area (Å²) in [5.41, 5.74) is 1.18. The number of benzene rings is 1. The first-order valence-corrected chi connectivity index (χ1v) is 12.6. The van der Waals surface area contributed by atoms with E-state index in [1.54, 1.807) is 41.1 Å². The molecule has 0 radical (unpaired) electrons. The van der Waals surface area contributed by atoms with Crippen LogP contribution in [-0.4, -0.2) is 37.3 Å². The molecule has 0 saturated heterocycles. The molecule has 152 valence electrons. The Labute approximate surface area is 178 Å². The third-order valence-corrected chi connectivity index (χ3v) is 8.70. The monoisotopic (exact) mass is 447 g/mol. The molecule has 1 aliphatic rings. The normalized spacial score (nSPS) is 16.4.